The van der Waals surface area contributed by atoms with Gasteiger partial charge in [-0.25, -0.2) is 0 Å². The summed E-state index contributed by atoms with van der Waals surface area (Å²) in [5, 5.41) is 2.72. The van der Waals surface area contributed by atoms with Crippen LogP contribution in [0.2, 0.25) is 0 Å². The van der Waals surface area contributed by atoms with E-state index in [2.05, 4.69) is 5.32 Å². The molecule has 0 fully saturated rings. The van der Waals surface area contributed by atoms with Crippen molar-refractivity contribution in [1.82, 2.24) is 0 Å². The fourth-order valence-corrected chi connectivity index (χ4v) is 3.00. The molecule has 0 aliphatic carbocycles. The molecule has 3 rings (SSSR count). The summed E-state index contributed by atoms with van der Waals surface area (Å²) in [5.74, 6) is -1.19. The van der Waals surface area contributed by atoms with Crippen LogP contribution in [0.3, 0.4) is 0 Å². The van der Waals surface area contributed by atoms with E-state index < -0.39 is 36.0 Å². The molecule has 0 aromatic heterocycles. The van der Waals surface area contributed by atoms with Gasteiger partial charge in [0.05, 0.1) is 16.9 Å². The Morgan fingerprint density at radius 3 is 2.59 bits per heavy atom. The van der Waals surface area contributed by atoms with E-state index in [0.717, 1.165) is 6.07 Å². The Morgan fingerprint density at radius 1 is 1.19 bits per heavy atom. The highest BCUT2D eigenvalue weighted by atomic mass is 19.4. The molecule has 142 valence electrons. The summed E-state index contributed by atoms with van der Waals surface area (Å²) in [4.78, 5) is 26.1. The quantitative estimate of drug-likeness (QED) is 0.883. The molecule has 1 heterocycles. The van der Waals surface area contributed by atoms with Crippen molar-refractivity contribution < 1.29 is 27.5 Å². The van der Waals surface area contributed by atoms with Crippen molar-refractivity contribution in [2.75, 3.05) is 16.8 Å². The van der Waals surface area contributed by atoms with E-state index in [-0.39, 0.29) is 12.3 Å². The number of carbonyl (C=O) groups is 2. The number of nitrogens with zero attached hydrogens (tertiary/aromatic N) is 1. The SMILES string of the molecule is C[C@H]1CC(=O)Nc2ccccc2N1C(=O)COc1ccccc1C(F)(F)F. The van der Waals surface area contributed by atoms with Crippen LogP contribution in [0.15, 0.2) is 48.5 Å². The third-order valence-corrected chi connectivity index (χ3v) is 4.17. The average Bonchev–Trinajstić information content (AvgIpc) is 2.73. The van der Waals surface area contributed by atoms with E-state index in [0.29, 0.717) is 11.4 Å². The molecule has 2 aromatic rings. The van der Waals surface area contributed by atoms with Crippen LogP contribution in [0.1, 0.15) is 18.9 Å². The summed E-state index contributed by atoms with van der Waals surface area (Å²) in [6.45, 7) is 1.11. The second-order valence-electron chi connectivity index (χ2n) is 6.16. The van der Waals surface area contributed by atoms with Crippen LogP contribution in [0.4, 0.5) is 24.5 Å². The number of para-hydroxylation sites is 3. The molecule has 0 saturated heterocycles. The molecule has 0 spiro atoms. The smallest absolute Gasteiger partial charge is 0.419 e. The van der Waals surface area contributed by atoms with Gasteiger partial charge in [0.15, 0.2) is 6.61 Å². The van der Waals surface area contributed by atoms with Gasteiger partial charge in [-0.15, -0.1) is 0 Å². The molecule has 0 bridgehead atoms. The fourth-order valence-electron chi connectivity index (χ4n) is 3.00. The average molecular weight is 378 g/mol. The lowest BCUT2D eigenvalue weighted by atomic mass is 10.1. The largest absolute Gasteiger partial charge is 0.483 e. The lowest BCUT2D eigenvalue weighted by Crippen LogP contribution is -2.41. The van der Waals surface area contributed by atoms with E-state index in [4.69, 9.17) is 4.74 Å². The molecular formula is C19H17F3N2O3. The zero-order valence-electron chi connectivity index (χ0n) is 14.4. The summed E-state index contributed by atoms with van der Waals surface area (Å²) in [5.41, 5.74) is 0.00316. The topological polar surface area (TPSA) is 58.6 Å². The number of halogens is 3. The van der Waals surface area contributed by atoms with Crippen molar-refractivity contribution in [3.8, 4) is 5.75 Å². The number of hydrogen-bond donors (Lipinski definition) is 1. The van der Waals surface area contributed by atoms with Gasteiger partial charge >= 0.3 is 6.18 Å². The molecule has 0 radical (unpaired) electrons. The second-order valence-corrected chi connectivity index (χ2v) is 6.16. The van der Waals surface area contributed by atoms with E-state index >= 15 is 0 Å². The van der Waals surface area contributed by atoms with Gasteiger partial charge in [-0.3, -0.25) is 9.59 Å². The standard InChI is InChI=1S/C19H17F3N2O3/c1-12-10-17(25)23-14-7-3-4-8-15(14)24(12)18(26)11-27-16-9-5-2-6-13(16)19(20,21)22/h2-9,12H,10-11H2,1H3,(H,23,25)/t12-/m0/s1. The lowest BCUT2D eigenvalue weighted by Gasteiger charge is -2.28. The molecule has 2 amide bonds. The van der Waals surface area contributed by atoms with E-state index in [1.807, 2.05) is 0 Å². The number of fused-ring (bicyclic) bond motifs is 1. The maximum absolute atomic E-state index is 13.1. The molecule has 27 heavy (non-hydrogen) atoms. The Kier molecular flexibility index (Phi) is 5.07. The number of alkyl halides is 3. The van der Waals surface area contributed by atoms with Gasteiger partial charge in [-0.05, 0) is 31.2 Å². The Morgan fingerprint density at radius 2 is 1.85 bits per heavy atom. The second kappa shape index (κ2) is 7.30. The monoisotopic (exact) mass is 378 g/mol. The predicted octanol–water partition coefficient (Wildman–Crippen LogP) is 3.85. The van der Waals surface area contributed by atoms with Crippen LogP contribution in [0.25, 0.3) is 0 Å². The Labute approximate surface area is 153 Å². The van der Waals surface area contributed by atoms with Crippen LogP contribution >= 0.6 is 0 Å². The fraction of sp³-hybridized carbons (Fsp3) is 0.263. The van der Waals surface area contributed by atoms with Crippen LogP contribution in [0.5, 0.6) is 5.75 Å². The van der Waals surface area contributed by atoms with Crippen LogP contribution < -0.4 is 15.0 Å². The molecule has 1 N–H and O–H groups in total. The third kappa shape index (κ3) is 4.05. The van der Waals surface area contributed by atoms with Crippen molar-refractivity contribution in [2.45, 2.75) is 25.6 Å². The number of rotatable bonds is 3. The highest BCUT2D eigenvalue weighted by Crippen LogP contribution is 2.36. The maximum Gasteiger partial charge on any atom is 0.419 e. The van der Waals surface area contributed by atoms with Crippen molar-refractivity contribution in [3.63, 3.8) is 0 Å². The first-order chi connectivity index (χ1) is 12.8. The number of nitrogens with one attached hydrogen (secondary N) is 1. The van der Waals surface area contributed by atoms with Crippen molar-refractivity contribution in [1.29, 1.82) is 0 Å². The molecule has 0 saturated carbocycles. The van der Waals surface area contributed by atoms with Gasteiger partial charge in [-0.2, -0.15) is 13.2 Å². The van der Waals surface area contributed by atoms with Gasteiger partial charge in [0.2, 0.25) is 5.91 Å². The molecular weight excluding hydrogens is 361 g/mol. The number of carbonyl (C=O) groups excluding carboxylic acids is 2. The number of anilines is 2. The van der Waals surface area contributed by atoms with E-state index in [1.54, 1.807) is 31.2 Å². The van der Waals surface area contributed by atoms with Crippen LogP contribution in [-0.2, 0) is 15.8 Å². The van der Waals surface area contributed by atoms with Crippen molar-refractivity contribution in [3.05, 3.63) is 54.1 Å². The van der Waals surface area contributed by atoms with Gasteiger partial charge in [0.25, 0.3) is 5.91 Å². The third-order valence-electron chi connectivity index (χ3n) is 4.17. The number of ether oxygens (including phenoxy) is 1. The minimum absolute atomic E-state index is 0.0690. The molecule has 1 atom stereocenters. The lowest BCUT2D eigenvalue weighted by molar-refractivity contribution is -0.139. The summed E-state index contributed by atoms with van der Waals surface area (Å²) < 4.78 is 44.4. The zero-order valence-corrected chi connectivity index (χ0v) is 14.4. The van der Waals surface area contributed by atoms with Crippen LogP contribution in [-0.4, -0.2) is 24.5 Å². The molecule has 0 unspecified atom stereocenters. The minimum atomic E-state index is -4.58. The van der Waals surface area contributed by atoms with Gasteiger partial charge in [-0.1, -0.05) is 24.3 Å². The van der Waals surface area contributed by atoms with Crippen LogP contribution in [0, 0.1) is 0 Å². The van der Waals surface area contributed by atoms with Gasteiger partial charge < -0.3 is 15.0 Å². The maximum atomic E-state index is 13.1. The number of hydrogen-bond acceptors (Lipinski definition) is 3. The summed E-state index contributed by atoms with van der Waals surface area (Å²) in [6, 6.07) is 11.0. The molecule has 1 aliphatic rings. The first-order valence-electron chi connectivity index (χ1n) is 8.27. The summed E-state index contributed by atoms with van der Waals surface area (Å²) >= 11 is 0. The first kappa shape index (κ1) is 18.8. The highest BCUT2D eigenvalue weighted by Gasteiger charge is 2.35. The van der Waals surface area contributed by atoms with E-state index in [9.17, 15) is 22.8 Å². The van der Waals surface area contributed by atoms with Gasteiger partial charge in [0, 0.05) is 12.5 Å². The molecule has 1 aliphatic heterocycles. The highest BCUT2D eigenvalue weighted by molar-refractivity contribution is 6.04. The zero-order chi connectivity index (χ0) is 19.6. The number of amides is 2. The Balaban J connectivity index is 1.84. The normalized spacial score (nSPS) is 17.0. The predicted molar refractivity (Wildman–Crippen MR) is 93.6 cm³/mol. The molecule has 8 heteroatoms. The van der Waals surface area contributed by atoms with Gasteiger partial charge in [0.1, 0.15) is 5.75 Å². The first-order valence-corrected chi connectivity index (χ1v) is 8.27. The van der Waals surface area contributed by atoms with E-state index in [1.165, 1.54) is 23.1 Å². The molecule has 2 aromatic carbocycles. The summed E-state index contributed by atoms with van der Waals surface area (Å²) in [6.07, 6.45) is -4.52. The Hall–Kier alpha value is -3.03. The minimum Gasteiger partial charge on any atom is -0.483 e. The number of benzene rings is 2. The van der Waals surface area contributed by atoms with Crippen molar-refractivity contribution >= 4 is 23.2 Å². The summed E-state index contributed by atoms with van der Waals surface area (Å²) in [7, 11) is 0. The Bertz CT molecular complexity index is 867. The van der Waals surface area contributed by atoms with Crippen molar-refractivity contribution in [2.24, 2.45) is 0 Å². The molecule has 5 nitrogen and oxygen atoms in total.